The van der Waals surface area contributed by atoms with Crippen molar-refractivity contribution in [3.8, 4) is 17.1 Å². The summed E-state index contributed by atoms with van der Waals surface area (Å²) in [4.78, 5) is 4.58. The van der Waals surface area contributed by atoms with Crippen molar-refractivity contribution in [2.75, 3.05) is 7.11 Å². The molecule has 0 unspecified atom stereocenters. The fraction of sp³-hybridized carbons (Fsp3) is 0.333. The van der Waals surface area contributed by atoms with Gasteiger partial charge in [0.25, 0.3) is 0 Å². The Kier molecular flexibility index (Phi) is 6.25. The number of unbranched alkanes of at least 4 members (excludes halogenated alkanes) is 1. The van der Waals surface area contributed by atoms with Gasteiger partial charge in [0.15, 0.2) is 11.0 Å². The minimum Gasteiger partial charge on any atom is -0.378 e. The van der Waals surface area contributed by atoms with Crippen molar-refractivity contribution in [3.63, 3.8) is 0 Å². The number of nitrogens with one attached hydrogen (secondary N) is 1. The Labute approximate surface area is 179 Å². The average molecular weight is 426 g/mol. The van der Waals surface area contributed by atoms with E-state index in [0.29, 0.717) is 24.1 Å². The first-order valence-corrected chi connectivity index (χ1v) is 10.3. The Hall–Kier alpha value is -2.97. The van der Waals surface area contributed by atoms with Crippen molar-refractivity contribution in [3.05, 3.63) is 65.0 Å². The SMILES string of the molecule is CCCCc1nc(Cl)c(COC)n1Cc1ccc(-n2ccc(-c3nnn[nH]3)c2)cc1. The monoisotopic (exact) mass is 425 g/mol. The highest BCUT2D eigenvalue weighted by atomic mass is 35.5. The average Bonchev–Trinajstić information content (AvgIpc) is 3.50. The number of nitrogens with zero attached hydrogens (tertiary/aromatic N) is 6. The highest BCUT2D eigenvalue weighted by Crippen LogP contribution is 2.23. The van der Waals surface area contributed by atoms with Crippen molar-refractivity contribution < 1.29 is 4.74 Å². The number of aromatic amines is 1. The predicted molar refractivity (Wildman–Crippen MR) is 115 cm³/mol. The zero-order valence-electron chi connectivity index (χ0n) is 17.0. The number of hydrogen-bond acceptors (Lipinski definition) is 5. The van der Waals surface area contributed by atoms with E-state index in [1.165, 1.54) is 5.56 Å². The number of tetrazole rings is 1. The van der Waals surface area contributed by atoms with E-state index in [-0.39, 0.29) is 0 Å². The number of benzene rings is 1. The standard InChI is InChI=1S/C21H24ClN7O/c1-3-4-5-19-23-20(22)18(14-30-2)29(19)12-15-6-8-17(9-7-15)28-11-10-16(13-28)21-24-26-27-25-21/h6-11,13H,3-5,12,14H2,1-2H3,(H,24,25,26,27). The molecule has 0 aliphatic carbocycles. The quantitative estimate of drug-likeness (QED) is 0.437. The summed E-state index contributed by atoms with van der Waals surface area (Å²) in [7, 11) is 1.67. The Morgan fingerprint density at radius 3 is 2.70 bits per heavy atom. The lowest BCUT2D eigenvalue weighted by molar-refractivity contribution is 0.178. The summed E-state index contributed by atoms with van der Waals surface area (Å²) in [5, 5.41) is 14.5. The zero-order chi connectivity index (χ0) is 20.9. The maximum Gasteiger partial charge on any atom is 0.180 e. The fourth-order valence-corrected chi connectivity index (χ4v) is 3.68. The van der Waals surface area contributed by atoms with E-state index in [4.69, 9.17) is 16.3 Å². The molecule has 0 atom stereocenters. The molecule has 0 saturated heterocycles. The summed E-state index contributed by atoms with van der Waals surface area (Å²) in [5.41, 5.74) is 4.09. The molecule has 4 aromatic rings. The molecular formula is C21H24ClN7O. The molecule has 30 heavy (non-hydrogen) atoms. The van der Waals surface area contributed by atoms with Crippen LogP contribution in [0.4, 0.5) is 0 Å². The highest BCUT2D eigenvalue weighted by Gasteiger charge is 2.16. The number of rotatable bonds is 9. The first kappa shape index (κ1) is 20.3. The van der Waals surface area contributed by atoms with E-state index in [1.54, 1.807) is 7.11 Å². The molecule has 9 heteroatoms. The summed E-state index contributed by atoms with van der Waals surface area (Å²) < 4.78 is 9.57. The lowest BCUT2D eigenvalue weighted by Gasteiger charge is -2.13. The fourth-order valence-electron chi connectivity index (χ4n) is 3.43. The van der Waals surface area contributed by atoms with Crippen LogP contribution in [0.15, 0.2) is 42.7 Å². The number of ether oxygens (including phenoxy) is 1. The van der Waals surface area contributed by atoms with E-state index in [1.807, 2.05) is 23.0 Å². The molecule has 0 radical (unpaired) electrons. The molecule has 3 heterocycles. The largest absolute Gasteiger partial charge is 0.378 e. The third kappa shape index (κ3) is 4.29. The molecule has 0 bridgehead atoms. The van der Waals surface area contributed by atoms with Gasteiger partial charge in [0, 0.05) is 43.7 Å². The molecule has 0 aliphatic rings. The van der Waals surface area contributed by atoms with Crippen LogP contribution in [-0.2, 0) is 24.3 Å². The minimum atomic E-state index is 0.443. The number of halogens is 1. The Morgan fingerprint density at radius 1 is 1.17 bits per heavy atom. The summed E-state index contributed by atoms with van der Waals surface area (Å²) in [6.07, 6.45) is 7.08. The maximum atomic E-state index is 6.39. The molecular weight excluding hydrogens is 402 g/mol. The first-order valence-electron chi connectivity index (χ1n) is 9.93. The van der Waals surface area contributed by atoms with Crippen molar-refractivity contribution >= 4 is 11.6 Å². The van der Waals surface area contributed by atoms with Crippen molar-refractivity contribution in [1.82, 2.24) is 34.7 Å². The van der Waals surface area contributed by atoms with Crippen LogP contribution in [0.1, 0.15) is 36.8 Å². The van der Waals surface area contributed by atoms with Gasteiger partial charge in [-0.25, -0.2) is 10.1 Å². The van der Waals surface area contributed by atoms with Gasteiger partial charge in [-0.05, 0) is 40.6 Å². The van der Waals surface area contributed by atoms with Crippen LogP contribution >= 0.6 is 11.6 Å². The lowest BCUT2D eigenvalue weighted by Crippen LogP contribution is -2.10. The number of aryl methyl sites for hydroxylation is 1. The topological polar surface area (TPSA) is 86.4 Å². The summed E-state index contributed by atoms with van der Waals surface area (Å²) in [5.74, 6) is 1.65. The lowest BCUT2D eigenvalue weighted by atomic mass is 10.2. The number of imidazole rings is 1. The molecule has 3 aromatic heterocycles. The molecule has 0 spiro atoms. The summed E-state index contributed by atoms with van der Waals surface area (Å²) in [6, 6.07) is 10.4. The second kappa shape index (κ2) is 9.23. The van der Waals surface area contributed by atoms with Gasteiger partial charge >= 0.3 is 0 Å². The van der Waals surface area contributed by atoms with E-state index in [9.17, 15) is 0 Å². The Balaban J connectivity index is 1.55. The van der Waals surface area contributed by atoms with Gasteiger partial charge in [-0.1, -0.05) is 37.1 Å². The Bertz CT molecular complexity index is 1080. The van der Waals surface area contributed by atoms with Crippen molar-refractivity contribution in [2.45, 2.75) is 39.3 Å². The molecule has 0 amide bonds. The van der Waals surface area contributed by atoms with Crippen LogP contribution in [-0.4, -0.2) is 41.9 Å². The van der Waals surface area contributed by atoms with Gasteiger partial charge in [-0.15, -0.1) is 5.10 Å². The van der Waals surface area contributed by atoms with E-state index in [0.717, 1.165) is 42.0 Å². The van der Waals surface area contributed by atoms with Gasteiger partial charge in [0.1, 0.15) is 5.82 Å². The summed E-state index contributed by atoms with van der Waals surface area (Å²) in [6.45, 7) is 3.33. The van der Waals surface area contributed by atoms with Gasteiger partial charge < -0.3 is 13.9 Å². The third-order valence-electron chi connectivity index (χ3n) is 5.02. The number of hydrogen-bond donors (Lipinski definition) is 1. The van der Waals surface area contributed by atoms with Crippen LogP contribution in [0.5, 0.6) is 0 Å². The smallest absolute Gasteiger partial charge is 0.180 e. The normalized spacial score (nSPS) is 11.3. The van der Waals surface area contributed by atoms with Gasteiger partial charge in [0.05, 0.1) is 12.3 Å². The molecule has 0 saturated carbocycles. The van der Waals surface area contributed by atoms with Crippen LogP contribution < -0.4 is 0 Å². The molecule has 4 rings (SSSR count). The Morgan fingerprint density at radius 2 is 2.00 bits per heavy atom. The number of aromatic nitrogens is 7. The zero-order valence-corrected chi connectivity index (χ0v) is 17.8. The third-order valence-corrected chi connectivity index (χ3v) is 5.33. The van der Waals surface area contributed by atoms with Crippen molar-refractivity contribution in [1.29, 1.82) is 0 Å². The second-order valence-corrected chi connectivity index (χ2v) is 7.47. The molecule has 1 N–H and O–H groups in total. The van der Waals surface area contributed by atoms with Crippen LogP contribution in [0.2, 0.25) is 5.15 Å². The van der Waals surface area contributed by atoms with Gasteiger partial charge in [0.2, 0.25) is 0 Å². The minimum absolute atomic E-state index is 0.443. The van der Waals surface area contributed by atoms with E-state index < -0.39 is 0 Å². The van der Waals surface area contributed by atoms with E-state index in [2.05, 4.69) is 61.4 Å². The maximum absolute atomic E-state index is 6.39. The van der Waals surface area contributed by atoms with Crippen LogP contribution in [0, 0.1) is 0 Å². The summed E-state index contributed by atoms with van der Waals surface area (Å²) >= 11 is 6.39. The molecule has 0 fully saturated rings. The molecule has 0 aliphatic heterocycles. The predicted octanol–water partition coefficient (Wildman–Crippen LogP) is 4.04. The second-order valence-electron chi connectivity index (χ2n) is 7.11. The van der Waals surface area contributed by atoms with Gasteiger partial charge in [-0.2, -0.15) is 0 Å². The molecule has 156 valence electrons. The van der Waals surface area contributed by atoms with Gasteiger partial charge in [-0.3, -0.25) is 0 Å². The first-order chi connectivity index (χ1) is 14.7. The number of H-pyrrole nitrogens is 1. The van der Waals surface area contributed by atoms with Crippen LogP contribution in [0.3, 0.4) is 0 Å². The van der Waals surface area contributed by atoms with Crippen LogP contribution in [0.25, 0.3) is 17.1 Å². The van der Waals surface area contributed by atoms with E-state index >= 15 is 0 Å². The molecule has 1 aromatic carbocycles. The number of methoxy groups -OCH3 is 1. The molecule has 8 nitrogen and oxygen atoms in total. The van der Waals surface area contributed by atoms with Crippen molar-refractivity contribution in [2.24, 2.45) is 0 Å². The highest BCUT2D eigenvalue weighted by molar-refractivity contribution is 6.30.